The van der Waals surface area contributed by atoms with Crippen molar-refractivity contribution in [1.29, 1.82) is 0 Å². The van der Waals surface area contributed by atoms with E-state index in [4.69, 9.17) is 0 Å². The summed E-state index contributed by atoms with van der Waals surface area (Å²) in [5, 5.41) is 13.0. The van der Waals surface area contributed by atoms with Crippen LogP contribution in [0.5, 0.6) is 0 Å². The standard InChI is InChI=1S/C15H23BrN2O/c1-11(2)17-9-12-8-13(16)5-6-15(12)18-7-3-4-14(18)10-19/h5-6,8,11,14,17,19H,3-4,7,9-10H2,1-2H3. The molecule has 1 aliphatic rings. The molecule has 1 aliphatic heterocycles. The van der Waals surface area contributed by atoms with Gasteiger partial charge < -0.3 is 15.3 Å². The largest absolute Gasteiger partial charge is 0.394 e. The Morgan fingerprint density at radius 3 is 2.95 bits per heavy atom. The third-order valence-electron chi connectivity index (χ3n) is 3.64. The summed E-state index contributed by atoms with van der Waals surface area (Å²) in [7, 11) is 0. The summed E-state index contributed by atoms with van der Waals surface area (Å²) < 4.78 is 1.11. The molecule has 1 saturated heterocycles. The Bertz CT molecular complexity index is 423. The van der Waals surface area contributed by atoms with Gasteiger partial charge in [-0.2, -0.15) is 0 Å². The second-order valence-corrected chi connectivity index (χ2v) is 6.40. The van der Waals surface area contributed by atoms with E-state index in [1.165, 1.54) is 17.7 Å². The molecule has 106 valence electrons. The van der Waals surface area contributed by atoms with Crippen LogP contribution in [0.2, 0.25) is 0 Å². The van der Waals surface area contributed by atoms with Crippen molar-refractivity contribution in [2.24, 2.45) is 0 Å². The first kappa shape index (κ1) is 14.8. The van der Waals surface area contributed by atoms with Gasteiger partial charge in [0.2, 0.25) is 0 Å². The molecule has 4 heteroatoms. The van der Waals surface area contributed by atoms with Crippen LogP contribution in [0.15, 0.2) is 22.7 Å². The lowest BCUT2D eigenvalue weighted by molar-refractivity contribution is 0.266. The maximum atomic E-state index is 9.49. The molecule has 1 atom stereocenters. The predicted molar refractivity (Wildman–Crippen MR) is 83.6 cm³/mol. The Kier molecular flexibility index (Phi) is 5.25. The van der Waals surface area contributed by atoms with Crippen LogP contribution in [0.4, 0.5) is 5.69 Å². The number of aliphatic hydroxyl groups is 1. The molecule has 1 aromatic rings. The SMILES string of the molecule is CC(C)NCc1cc(Br)ccc1N1CCCC1CO. The summed E-state index contributed by atoms with van der Waals surface area (Å²) in [4.78, 5) is 2.35. The zero-order valence-corrected chi connectivity index (χ0v) is 13.3. The second kappa shape index (κ2) is 6.73. The summed E-state index contributed by atoms with van der Waals surface area (Å²) in [5.74, 6) is 0. The highest BCUT2D eigenvalue weighted by molar-refractivity contribution is 9.10. The number of anilines is 1. The molecule has 1 aromatic carbocycles. The fourth-order valence-corrected chi connectivity index (χ4v) is 3.04. The zero-order valence-electron chi connectivity index (χ0n) is 11.7. The van der Waals surface area contributed by atoms with E-state index in [-0.39, 0.29) is 12.6 Å². The fourth-order valence-electron chi connectivity index (χ4n) is 2.63. The van der Waals surface area contributed by atoms with Gasteiger partial charge in [-0.05, 0) is 36.6 Å². The van der Waals surface area contributed by atoms with Crippen LogP contribution in [0, 0.1) is 0 Å². The number of halogens is 1. The van der Waals surface area contributed by atoms with Crippen molar-refractivity contribution >= 4 is 21.6 Å². The van der Waals surface area contributed by atoms with Gasteiger partial charge in [-0.25, -0.2) is 0 Å². The third-order valence-corrected chi connectivity index (χ3v) is 4.13. The summed E-state index contributed by atoms with van der Waals surface area (Å²) >= 11 is 3.55. The predicted octanol–water partition coefficient (Wildman–Crippen LogP) is 2.91. The number of hydrogen-bond donors (Lipinski definition) is 2. The Morgan fingerprint density at radius 2 is 2.26 bits per heavy atom. The van der Waals surface area contributed by atoms with Gasteiger partial charge in [0.1, 0.15) is 0 Å². The summed E-state index contributed by atoms with van der Waals surface area (Å²) in [6.45, 7) is 6.46. The average molecular weight is 327 g/mol. The van der Waals surface area contributed by atoms with Crippen molar-refractivity contribution < 1.29 is 5.11 Å². The molecule has 0 aliphatic carbocycles. The molecule has 2 rings (SSSR count). The Balaban J connectivity index is 2.23. The van der Waals surface area contributed by atoms with Gasteiger partial charge in [0, 0.05) is 29.3 Å². The van der Waals surface area contributed by atoms with E-state index < -0.39 is 0 Å². The van der Waals surface area contributed by atoms with Crippen LogP contribution >= 0.6 is 15.9 Å². The normalized spacial score (nSPS) is 19.4. The van der Waals surface area contributed by atoms with Crippen molar-refractivity contribution in [2.75, 3.05) is 18.1 Å². The van der Waals surface area contributed by atoms with E-state index in [9.17, 15) is 5.11 Å². The van der Waals surface area contributed by atoms with Crippen LogP contribution in [0.3, 0.4) is 0 Å². The second-order valence-electron chi connectivity index (χ2n) is 5.48. The van der Waals surface area contributed by atoms with Gasteiger partial charge in [-0.3, -0.25) is 0 Å². The first-order valence-electron chi connectivity index (χ1n) is 7.01. The van der Waals surface area contributed by atoms with Crippen LogP contribution < -0.4 is 10.2 Å². The van der Waals surface area contributed by atoms with E-state index in [2.05, 4.69) is 58.2 Å². The lowest BCUT2D eigenvalue weighted by Gasteiger charge is -2.28. The molecule has 0 aromatic heterocycles. The Morgan fingerprint density at radius 1 is 1.47 bits per heavy atom. The maximum absolute atomic E-state index is 9.49. The van der Waals surface area contributed by atoms with E-state index in [1.54, 1.807) is 0 Å². The third kappa shape index (κ3) is 3.71. The van der Waals surface area contributed by atoms with Crippen LogP contribution in [-0.2, 0) is 6.54 Å². The Hall–Kier alpha value is -0.580. The maximum Gasteiger partial charge on any atom is 0.0635 e. The number of aliphatic hydroxyl groups excluding tert-OH is 1. The molecular formula is C15H23BrN2O. The highest BCUT2D eigenvalue weighted by Gasteiger charge is 2.25. The van der Waals surface area contributed by atoms with Crippen molar-refractivity contribution in [3.63, 3.8) is 0 Å². The molecule has 1 fully saturated rings. The van der Waals surface area contributed by atoms with Gasteiger partial charge in [0.15, 0.2) is 0 Å². The average Bonchev–Trinajstić information content (AvgIpc) is 2.84. The van der Waals surface area contributed by atoms with Crippen molar-refractivity contribution in [3.05, 3.63) is 28.2 Å². The minimum atomic E-state index is 0.243. The molecule has 0 bridgehead atoms. The van der Waals surface area contributed by atoms with E-state index in [0.29, 0.717) is 6.04 Å². The van der Waals surface area contributed by atoms with E-state index in [1.807, 2.05) is 0 Å². The van der Waals surface area contributed by atoms with Gasteiger partial charge >= 0.3 is 0 Å². The topological polar surface area (TPSA) is 35.5 Å². The van der Waals surface area contributed by atoms with Crippen LogP contribution in [-0.4, -0.2) is 30.3 Å². The lowest BCUT2D eigenvalue weighted by atomic mass is 10.1. The summed E-state index contributed by atoms with van der Waals surface area (Å²) in [6.07, 6.45) is 2.25. The highest BCUT2D eigenvalue weighted by Crippen LogP contribution is 2.30. The number of nitrogens with zero attached hydrogens (tertiary/aromatic N) is 1. The fraction of sp³-hybridized carbons (Fsp3) is 0.600. The molecule has 0 radical (unpaired) electrons. The monoisotopic (exact) mass is 326 g/mol. The summed E-state index contributed by atoms with van der Waals surface area (Å²) in [6, 6.07) is 7.17. The quantitative estimate of drug-likeness (QED) is 0.873. The molecule has 1 unspecified atom stereocenters. The first-order chi connectivity index (χ1) is 9.11. The number of rotatable bonds is 5. The molecule has 3 nitrogen and oxygen atoms in total. The smallest absolute Gasteiger partial charge is 0.0635 e. The number of nitrogens with one attached hydrogen (secondary N) is 1. The molecule has 2 N–H and O–H groups in total. The van der Waals surface area contributed by atoms with Gasteiger partial charge in [0.25, 0.3) is 0 Å². The van der Waals surface area contributed by atoms with Gasteiger partial charge in [0.05, 0.1) is 12.6 Å². The number of hydrogen-bond acceptors (Lipinski definition) is 3. The molecule has 0 saturated carbocycles. The minimum absolute atomic E-state index is 0.243. The van der Waals surface area contributed by atoms with Crippen molar-refractivity contribution in [2.45, 2.75) is 45.3 Å². The minimum Gasteiger partial charge on any atom is -0.394 e. The van der Waals surface area contributed by atoms with Crippen LogP contribution in [0.25, 0.3) is 0 Å². The first-order valence-corrected chi connectivity index (χ1v) is 7.80. The summed E-state index contributed by atoms with van der Waals surface area (Å²) in [5.41, 5.74) is 2.55. The molecule has 19 heavy (non-hydrogen) atoms. The Labute approximate surface area is 124 Å². The molecule has 1 heterocycles. The van der Waals surface area contributed by atoms with E-state index >= 15 is 0 Å². The van der Waals surface area contributed by atoms with Gasteiger partial charge in [-0.1, -0.05) is 29.8 Å². The van der Waals surface area contributed by atoms with Crippen molar-refractivity contribution in [3.8, 4) is 0 Å². The molecular weight excluding hydrogens is 304 g/mol. The van der Waals surface area contributed by atoms with E-state index in [0.717, 1.165) is 24.0 Å². The van der Waals surface area contributed by atoms with Crippen LogP contribution in [0.1, 0.15) is 32.3 Å². The number of benzene rings is 1. The van der Waals surface area contributed by atoms with Gasteiger partial charge in [-0.15, -0.1) is 0 Å². The zero-order chi connectivity index (χ0) is 13.8. The lowest BCUT2D eigenvalue weighted by Crippen LogP contribution is -2.33. The molecule has 0 amide bonds. The molecule has 0 spiro atoms. The van der Waals surface area contributed by atoms with Crippen molar-refractivity contribution in [1.82, 2.24) is 5.32 Å². The highest BCUT2D eigenvalue weighted by atomic mass is 79.9.